The predicted octanol–water partition coefficient (Wildman–Crippen LogP) is 3.30. The first kappa shape index (κ1) is 17.8. The van der Waals surface area contributed by atoms with E-state index in [0.29, 0.717) is 5.56 Å². The number of H-pyrrole nitrogens is 1. The zero-order valence-electron chi connectivity index (χ0n) is 14.7. The first-order valence-corrected chi connectivity index (χ1v) is 8.99. The lowest BCUT2D eigenvalue weighted by molar-refractivity contribution is 0.187. The molecule has 3 rings (SSSR count). The number of pyridine rings is 1. The predicted molar refractivity (Wildman–Crippen MR) is 98.8 cm³/mol. The van der Waals surface area contributed by atoms with Crippen LogP contribution in [-0.2, 0) is 0 Å². The monoisotopic (exact) mass is 343 g/mol. The molecule has 0 amide bonds. The van der Waals surface area contributed by atoms with E-state index in [1.807, 2.05) is 24.3 Å². The largest absolute Gasteiger partial charge is 0.326 e. The standard InChI is InChI=1S/C20H26FN3O/c1-14-6-9-24(10-7-14)11-8-19(22)16-4-2-15(3-5-16)17-12-18(21)20(25)23-13-17/h2-5,12-14,19H,6-11,22H2,1H3,(H,23,25)/t19-/m1/s1. The summed E-state index contributed by atoms with van der Waals surface area (Å²) in [4.78, 5) is 16.0. The van der Waals surface area contributed by atoms with E-state index in [2.05, 4.69) is 16.8 Å². The van der Waals surface area contributed by atoms with Gasteiger partial charge in [-0.25, -0.2) is 4.39 Å². The van der Waals surface area contributed by atoms with Crippen LogP contribution in [0.3, 0.4) is 0 Å². The number of nitrogens with one attached hydrogen (secondary N) is 1. The van der Waals surface area contributed by atoms with E-state index < -0.39 is 11.4 Å². The van der Waals surface area contributed by atoms with Crippen molar-refractivity contribution in [3.8, 4) is 11.1 Å². The molecule has 25 heavy (non-hydrogen) atoms. The third-order valence-electron chi connectivity index (χ3n) is 5.16. The minimum Gasteiger partial charge on any atom is -0.326 e. The van der Waals surface area contributed by atoms with Crippen molar-refractivity contribution >= 4 is 0 Å². The maximum Gasteiger partial charge on any atom is 0.283 e. The molecule has 1 atom stereocenters. The number of nitrogens with zero attached hydrogens (tertiary/aromatic N) is 1. The Morgan fingerprint density at radius 3 is 2.56 bits per heavy atom. The Balaban J connectivity index is 1.59. The fourth-order valence-corrected chi connectivity index (χ4v) is 3.32. The molecule has 1 saturated heterocycles. The maximum absolute atomic E-state index is 13.4. The minimum absolute atomic E-state index is 0.000663. The average Bonchev–Trinajstić information content (AvgIpc) is 2.63. The zero-order chi connectivity index (χ0) is 17.8. The van der Waals surface area contributed by atoms with Crippen LogP contribution in [0.5, 0.6) is 0 Å². The molecular weight excluding hydrogens is 317 g/mol. The van der Waals surface area contributed by atoms with Crippen LogP contribution in [0.15, 0.2) is 41.3 Å². The fourth-order valence-electron chi connectivity index (χ4n) is 3.32. The summed E-state index contributed by atoms with van der Waals surface area (Å²) < 4.78 is 13.4. The highest BCUT2D eigenvalue weighted by Crippen LogP contribution is 2.23. The fraction of sp³-hybridized carbons (Fsp3) is 0.450. The smallest absolute Gasteiger partial charge is 0.283 e. The molecule has 3 N–H and O–H groups in total. The van der Waals surface area contributed by atoms with Crippen molar-refractivity contribution in [1.29, 1.82) is 0 Å². The second kappa shape index (κ2) is 7.93. The zero-order valence-corrected chi connectivity index (χ0v) is 14.7. The van der Waals surface area contributed by atoms with E-state index in [9.17, 15) is 9.18 Å². The van der Waals surface area contributed by atoms with Crippen LogP contribution in [0.2, 0.25) is 0 Å². The molecule has 5 heteroatoms. The van der Waals surface area contributed by atoms with Crippen molar-refractivity contribution in [2.75, 3.05) is 19.6 Å². The van der Waals surface area contributed by atoms with Crippen molar-refractivity contribution < 1.29 is 4.39 Å². The van der Waals surface area contributed by atoms with Gasteiger partial charge in [0.15, 0.2) is 5.82 Å². The molecule has 1 fully saturated rings. The van der Waals surface area contributed by atoms with Crippen LogP contribution in [0.4, 0.5) is 4.39 Å². The third-order valence-corrected chi connectivity index (χ3v) is 5.16. The number of hydrogen-bond donors (Lipinski definition) is 2. The Labute approximate surface area is 147 Å². The molecule has 1 aliphatic heterocycles. The minimum atomic E-state index is -0.769. The van der Waals surface area contributed by atoms with Gasteiger partial charge in [0.25, 0.3) is 5.56 Å². The van der Waals surface area contributed by atoms with Crippen LogP contribution in [-0.4, -0.2) is 29.5 Å². The molecule has 0 radical (unpaired) electrons. The normalized spacial score (nSPS) is 17.6. The topological polar surface area (TPSA) is 62.1 Å². The van der Waals surface area contributed by atoms with Crippen molar-refractivity contribution in [1.82, 2.24) is 9.88 Å². The van der Waals surface area contributed by atoms with Crippen molar-refractivity contribution in [2.45, 2.75) is 32.2 Å². The number of halogens is 1. The van der Waals surface area contributed by atoms with E-state index in [0.717, 1.165) is 30.0 Å². The summed E-state index contributed by atoms with van der Waals surface area (Å²) in [5.74, 6) is 0.0735. The SMILES string of the molecule is CC1CCN(CC[C@@H](N)c2ccc(-c3c[nH]c(=O)c(F)c3)cc2)CC1. The number of rotatable bonds is 5. The summed E-state index contributed by atoms with van der Waals surface area (Å²) in [5, 5.41) is 0. The molecule has 0 aliphatic carbocycles. The summed E-state index contributed by atoms with van der Waals surface area (Å²) in [6.45, 7) is 5.69. The number of nitrogens with two attached hydrogens (primary N) is 1. The Kier molecular flexibility index (Phi) is 5.66. The van der Waals surface area contributed by atoms with Gasteiger partial charge in [-0.05, 0) is 62.0 Å². The number of piperidine rings is 1. The Bertz CT molecular complexity index is 748. The van der Waals surface area contributed by atoms with Gasteiger partial charge in [-0.15, -0.1) is 0 Å². The first-order valence-electron chi connectivity index (χ1n) is 8.99. The van der Waals surface area contributed by atoms with Gasteiger partial charge < -0.3 is 15.6 Å². The number of likely N-dealkylation sites (tertiary alicyclic amines) is 1. The van der Waals surface area contributed by atoms with Crippen molar-refractivity contribution in [3.05, 3.63) is 58.3 Å². The number of aromatic amines is 1. The van der Waals surface area contributed by atoms with Gasteiger partial charge in [0.2, 0.25) is 0 Å². The van der Waals surface area contributed by atoms with E-state index in [1.165, 1.54) is 38.2 Å². The van der Waals surface area contributed by atoms with Crippen LogP contribution < -0.4 is 11.3 Å². The summed E-state index contributed by atoms with van der Waals surface area (Å²) in [7, 11) is 0. The highest BCUT2D eigenvalue weighted by molar-refractivity contribution is 5.62. The summed E-state index contributed by atoms with van der Waals surface area (Å²) >= 11 is 0. The summed E-state index contributed by atoms with van der Waals surface area (Å²) in [5.41, 5.74) is 8.23. The Hall–Kier alpha value is -1.98. The highest BCUT2D eigenvalue weighted by Gasteiger charge is 2.16. The molecule has 1 aromatic carbocycles. The van der Waals surface area contributed by atoms with Crippen LogP contribution in [0.25, 0.3) is 11.1 Å². The summed E-state index contributed by atoms with van der Waals surface area (Å²) in [6, 6.07) is 9.07. The average molecular weight is 343 g/mol. The van der Waals surface area contributed by atoms with Gasteiger partial charge in [-0.1, -0.05) is 31.2 Å². The highest BCUT2D eigenvalue weighted by atomic mass is 19.1. The Morgan fingerprint density at radius 2 is 1.92 bits per heavy atom. The lowest BCUT2D eigenvalue weighted by Gasteiger charge is -2.30. The number of aromatic nitrogens is 1. The van der Waals surface area contributed by atoms with Gasteiger partial charge >= 0.3 is 0 Å². The molecule has 0 unspecified atom stereocenters. The van der Waals surface area contributed by atoms with E-state index in [-0.39, 0.29) is 6.04 Å². The molecular formula is C20H26FN3O. The Morgan fingerprint density at radius 1 is 1.24 bits per heavy atom. The molecule has 2 aromatic rings. The molecule has 1 aliphatic rings. The van der Waals surface area contributed by atoms with Crippen molar-refractivity contribution in [3.63, 3.8) is 0 Å². The molecule has 134 valence electrons. The van der Waals surface area contributed by atoms with Crippen LogP contribution in [0, 0.1) is 11.7 Å². The summed E-state index contributed by atoms with van der Waals surface area (Å²) in [6.07, 6.45) is 5.01. The maximum atomic E-state index is 13.4. The van der Waals surface area contributed by atoms with E-state index in [1.54, 1.807) is 0 Å². The van der Waals surface area contributed by atoms with E-state index >= 15 is 0 Å². The lowest BCUT2D eigenvalue weighted by Crippen LogP contribution is -2.34. The second-order valence-corrected chi connectivity index (χ2v) is 7.11. The van der Waals surface area contributed by atoms with Gasteiger partial charge in [-0.3, -0.25) is 4.79 Å². The van der Waals surface area contributed by atoms with Gasteiger partial charge in [0.1, 0.15) is 0 Å². The first-order chi connectivity index (χ1) is 12.0. The van der Waals surface area contributed by atoms with Gasteiger partial charge in [0, 0.05) is 17.8 Å². The quantitative estimate of drug-likeness (QED) is 0.875. The molecule has 2 heterocycles. The van der Waals surface area contributed by atoms with Gasteiger partial charge in [-0.2, -0.15) is 0 Å². The number of benzene rings is 1. The van der Waals surface area contributed by atoms with E-state index in [4.69, 9.17) is 5.73 Å². The second-order valence-electron chi connectivity index (χ2n) is 7.11. The molecule has 0 bridgehead atoms. The number of hydrogen-bond acceptors (Lipinski definition) is 3. The van der Waals surface area contributed by atoms with Crippen LogP contribution >= 0.6 is 0 Å². The lowest BCUT2D eigenvalue weighted by atomic mass is 9.97. The molecule has 0 spiro atoms. The molecule has 0 saturated carbocycles. The molecule has 4 nitrogen and oxygen atoms in total. The third kappa shape index (κ3) is 4.55. The molecule has 1 aromatic heterocycles. The van der Waals surface area contributed by atoms with Crippen LogP contribution in [0.1, 0.15) is 37.8 Å². The van der Waals surface area contributed by atoms with Crippen molar-refractivity contribution in [2.24, 2.45) is 11.7 Å². The van der Waals surface area contributed by atoms with Gasteiger partial charge in [0.05, 0.1) is 0 Å².